The highest BCUT2D eigenvalue weighted by atomic mass is 14.7. The molecule has 50 heavy (non-hydrogen) atoms. The zero-order valence-corrected chi connectivity index (χ0v) is 34.3. The van der Waals surface area contributed by atoms with Crippen LogP contribution in [0.4, 0.5) is 0 Å². The Labute approximate surface area is 311 Å². The fourth-order valence-electron chi connectivity index (χ4n) is 20.0. The van der Waals surface area contributed by atoms with Crippen LogP contribution in [0.25, 0.3) is 0 Å². The molecule has 0 amide bonds. The van der Waals surface area contributed by atoms with Crippen molar-refractivity contribution in [1.29, 1.82) is 0 Å². The minimum Gasteiger partial charge on any atom is -0.0622 e. The van der Waals surface area contributed by atoms with Crippen molar-refractivity contribution in [2.45, 2.75) is 158 Å². The molecule has 0 aromatic rings. The molecule has 0 heteroatoms. The number of rotatable bonds is 0. The van der Waals surface area contributed by atoms with Gasteiger partial charge in [0.2, 0.25) is 0 Å². The first-order valence-corrected chi connectivity index (χ1v) is 24.1. The normalized spacial score (nSPS) is 64.3. The summed E-state index contributed by atoms with van der Waals surface area (Å²) in [4.78, 5) is 0. The van der Waals surface area contributed by atoms with E-state index in [0.29, 0.717) is 0 Å². The van der Waals surface area contributed by atoms with E-state index >= 15 is 0 Å². The first-order chi connectivity index (χ1) is 24.1. The predicted molar refractivity (Wildman–Crippen MR) is 210 cm³/mol. The van der Waals surface area contributed by atoms with E-state index in [0.717, 1.165) is 154 Å². The van der Waals surface area contributed by atoms with Gasteiger partial charge in [0.25, 0.3) is 0 Å². The molecule has 10 rings (SSSR count). The highest BCUT2D eigenvalue weighted by Crippen LogP contribution is 2.68. The number of hydrogen-bond acceptors (Lipinski definition) is 0. The van der Waals surface area contributed by atoms with Crippen molar-refractivity contribution in [3.05, 3.63) is 0 Å². The molecule has 282 valence electrons. The zero-order valence-electron chi connectivity index (χ0n) is 34.3. The SMILES string of the molecule is CC1CC2CC3CC4CC5C(CC4C(C)C3CC2C(C)C1C)C(C)C(C)C1CC2CCC3CC4C(CC3C2CC15)C(C)C(C)C1CCCCC14. The van der Waals surface area contributed by atoms with Gasteiger partial charge in [0.05, 0.1) is 0 Å². The molecule has 0 aliphatic heterocycles. The summed E-state index contributed by atoms with van der Waals surface area (Å²) in [5.41, 5.74) is 0. The second-order valence-electron chi connectivity index (χ2n) is 23.6. The van der Waals surface area contributed by atoms with Crippen molar-refractivity contribution in [3.63, 3.8) is 0 Å². The van der Waals surface area contributed by atoms with Gasteiger partial charge >= 0.3 is 0 Å². The molecule has 10 aliphatic rings. The summed E-state index contributed by atoms with van der Waals surface area (Å²) in [6.07, 6.45) is 25.8. The van der Waals surface area contributed by atoms with E-state index in [1.165, 1.54) is 6.42 Å². The lowest BCUT2D eigenvalue weighted by atomic mass is 9.41. The molecule has 10 aliphatic carbocycles. The largest absolute Gasteiger partial charge is 0.0622 e. The maximum absolute atomic E-state index is 2.81. The van der Waals surface area contributed by atoms with Crippen molar-refractivity contribution >= 4 is 0 Å². The number of fused-ring (bicyclic) bond motifs is 12. The van der Waals surface area contributed by atoms with E-state index in [-0.39, 0.29) is 0 Å². The van der Waals surface area contributed by atoms with Gasteiger partial charge in [-0.2, -0.15) is 0 Å². The van der Waals surface area contributed by atoms with Gasteiger partial charge in [-0.3, -0.25) is 0 Å². The van der Waals surface area contributed by atoms with Crippen LogP contribution in [-0.2, 0) is 0 Å². The summed E-state index contributed by atoms with van der Waals surface area (Å²) in [7, 11) is 0. The molecule has 0 aromatic carbocycles. The van der Waals surface area contributed by atoms with E-state index in [4.69, 9.17) is 0 Å². The summed E-state index contributed by atoms with van der Waals surface area (Å²) >= 11 is 0. The Balaban J connectivity index is 0.883. The quantitative estimate of drug-likeness (QED) is 0.239. The van der Waals surface area contributed by atoms with E-state index in [9.17, 15) is 0 Å². The van der Waals surface area contributed by atoms with E-state index in [1.807, 2.05) is 0 Å². The average Bonchev–Trinajstić information content (AvgIpc) is 3.13. The van der Waals surface area contributed by atoms with Gasteiger partial charge in [0, 0.05) is 0 Å². The van der Waals surface area contributed by atoms with Crippen molar-refractivity contribution in [2.24, 2.45) is 154 Å². The molecule has 0 heterocycles. The molecule has 26 unspecified atom stereocenters. The highest BCUT2D eigenvalue weighted by molar-refractivity contribution is 5.09. The second-order valence-corrected chi connectivity index (χ2v) is 23.6. The summed E-state index contributed by atoms with van der Waals surface area (Å²) < 4.78 is 0. The molecular weight excluding hydrogens is 601 g/mol. The molecule has 0 bridgehead atoms. The monoisotopic (exact) mass is 683 g/mol. The fourth-order valence-corrected chi connectivity index (χ4v) is 20.0. The molecule has 10 saturated carbocycles. The van der Waals surface area contributed by atoms with Gasteiger partial charge in [-0.15, -0.1) is 0 Å². The van der Waals surface area contributed by atoms with Crippen molar-refractivity contribution in [3.8, 4) is 0 Å². The van der Waals surface area contributed by atoms with Crippen LogP contribution >= 0.6 is 0 Å². The standard InChI is InChI=1S/C50H82/c1-25-15-35-16-36-17-37-20-49-44(22-42(37)32(8)41(36)21-40(35)27(3)26(25)2)31(7)30(6)43-18-33-13-14-34-19-48-39-12-10-9-11-38(39)28(4)29(5)45(48)23-46(34)47(33)24-50(43)49/h25-50H,9-24H2,1-8H3. The first-order valence-electron chi connectivity index (χ1n) is 24.1. The van der Waals surface area contributed by atoms with Gasteiger partial charge in [-0.05, 0) is 244 Å². The van der Waals surface area contributed by atoms with E-state index in [1.54, 1.807) is 96.3 Å². The topological polar surface area (TPSA) is 0 Å². The highest BCUT2D eigenvalue weighted by Gasteiger charge is 2.60. The summed E-state index contributed by atoms with van der Waals surface area (Å²) in [6.45, 7) is 21.7. The third-order valence-corrected chi connectivity index (χ3v) is 23.0. The van der Waals surface area contributed by atoms with E-state index < -0.39 is 0 Å². The fraction of sp³-hybridized carbons (Fsp3) is 1.00. The third-order valence-electron chi connectivity index (χ3n) is 23.0. The maximum atomic E-state index is 2.81. The van der Waals surface area contributed by atoms with Crippen LogP contribution in [0.2, 0.25) is 0 Å². The van der Waals surface area contributed by atoms with Crippen molar-refractivity contribution in [1.82, 2.24) is 0 Å². The van der Waals surface area contributed by atoms with Crippen LogP contribution < -0.4 is 0 Å². The molecule has 26 atom stereocenters. The van der Waals surface area contributed by atoms with Crippen LogP contribution in [0.3, 0.4) is 0 Å². The van der Waals surface area contributed by atoms with Gasteiger partial charge in [0.15, 0.2) is 0 Å². The lowest BCUT2D eigenvalue weighted by molar-refractivity contribution is -0.155. The van der Waals surface area contributed by atoms with Crippen LogP contribution in [0, 0.1) is 154 Å². The molecule has 0 N–H and O–H groups in total. The maximum Gasteiger partial charge on any atom is -0.0349 e. The molecule has 10 fully saturated rings. The Kier molecular flexibility index (Phi) is 8.81. The summed E-state index contributed by atoms with van der Waals surface area (Å²) in [5, 5.41) is 0. The minimum absolute atomic E-state index is 0.941. The first kappa shape index (κ1) is 34.5. The second kappa shape index (κ2) is 12.8. The average molecular weight is 683 g/mol. The Hall–Kier alpha value is 0. The third kappa shape index (κ3) is 5.11. The Morgan fingerprint density at radius 2 is 0.600 bits per heavy atom. The lowest BCUT2D eigenvalue weighted by Crippen LogP contribution is -2.57. The predicted octanol–water partition coefficient (Wildman–Crippen LogP) is 13.5. The van der Waals surface area contributed by atoms with Crippen molar-refractivity contribution < 1.29 is 0 Å². The molecule has 0 aromatic heterocycles. The van der Waals surface area contributed by atoms with Gasteiger partial charge < -0.3 is 0 Å². The van der Waals surface area contributed by atoms with Gasteiger partial charge in [-0.1, -0.05) is 68.2 Å². The number of hydrogen-bond donors (Lipinski definition) is 0. The molecular formula is C50H82. The van der Waals surface area contributed by atoms with Crippen LogP contribution in [0.5, 0.6) is 0 Å². The van der Waals surface area contributed by atoms with Gasteiger partial charge in [-0.25, -0.2) is 0 Å². The molecule has 0 nitrogen and oxygen atoms in total. The summed E-state index contributed by atoms with van der Waals surface area (Å²) in [5.74, 6) is 27.1. The minimum atomic E-state index is 0.941. The van der Waals surface area contributed by atoms with Crippen LogP contribution in [0.1, 0.15) is 158 Å². The molecule has 0 radical (unpaired) electrons. The zero-order chi connectivity index (χ0) is 34.3. The van der Waals surface area contributed by atoms with Crippen LogP contribution in [0.15, 0.2) is 0 Å². The molecule has 0 spiro atoms. The Morgan fingerprint density at radius 1 is 0.220 bits per heavy atom. The van der Waals surface area contributed by atoms with Crippen molar-refractivity contribution in [2.75, 3.05) is 0 Å². The molecule has 0 saturated heterocycles. The Bertz CT molecular complexity index is 1230. The van der Waals surface area contributed by atoms with Gasteiger partial charge in [0.1, 0.15) is 0 Å². The van der Waals surface area contributed by atoms with E-state index in [2.05, 4.69) is 55.4 Å². The summed E-state index contributed by atoms with van der Waals surface area (Å²) in [6, 6.07) is 0. The van der Waals surface area contributed by atoms with Crippen LogP contribution in [-0.4, -0.2) is 0 Å². The lowest BCUT2D eigenvalue weighted by Gasteiger charge is -2.64. The Morgan fingerprint density at radius 3 is 1.26 bits per heavy atom. The smallest absolute Gasteiger partial charge is 0.0349 e.